The van der Waals surface area contributed by atoms with E-state index in [0.29, 0.717) is 21.5 Å². The van der Waals surface area contributed by atoms with Crippen LogP contribution < -0.4 is 4.90 Å². The summed E-state index contributed by atoms with van der Waals surface area (Å²) in [5.41, 5.74) is 2.06. The molecule has 1 N–H and O–H groups in total. The Bertz CT molecular complexity index is 1420. The molecule has 2 aromatic carbocycles. The molecular weight excluding hydrogens is 431 g/mol. The number of aryl methyl sites for hydroxylation is 2. The molecule has 0 fully saturated rings. The van der Waals surface area contributed by atoms with Crippen LogP contribution >= 0.6 is 11.3 Å². The molecule has 0 saturated carbocycles. The van der Waals surface area contributed by atoms with Crippen molar-refractivity contribution in [3.8, 4) is 0 Å². The van der Waals surface area contributed by atoms with Gasteiger partial charge in [-0.15, -0.1) is 0 Å². The second-order valence-corrected chi connectivity index (χ2v) is 8.61. The number of thiazole rings is 1. The molecule has 3 heterocycles. The third-order valence-electron chi connectivity index (χ3n) is 5.36. The van der Waals surface area contributed by atoms with Gasteiger partial charge in [0.05, 0.1) is 21.8 Å². The Kier molecular flexibility index (Phi) is 4.67. The van der Waals surface area contributed by atoms with Crippen LogP contribution in [0.4, 0.5) is 9.52 Å². The molecule has 0 radical (unpaired) electrons. The first-order valence-corrected chi connectivity index (χ1v) is 10.7. The van der Waals surface area contributed by atoms with Crippen molar-refractivity contribution in [3.05, 3.63) is 94.4 Å². The fourth-order valence-electron chi connectivity index (χ4n) is 3.78. The third-order valence-corrected chi connectivity index (χ3v) is 6.37. The molecule has 32 heavy (non-hydrogen) atoms. The molecule has 4 aromatic rings. The topological polar surface area (TPSA) is 83.6 Å². The first-order valence-electron chi connectivity index (χ1n) is 9.84. The summed E-state index contributed by atoms with van der Waals surface area (Å²) in [5.74, 6) is -1.83. The van der Waals surface area contributed by atoms with Crippen LogP contribution in [0.5, 0.6) is 0 Å². The molecule has 2 aromatic heterocycles. The van der Waals surface area contributed by atoms with Gasteiger partial charge in [0.15, 0.2) is 16.7 Å². The van der Waals surface area contributed by atoms with Crippen LogP contribution in [0.15, 0.2) is 70.3 Å². The van der Waals surface area contributed by atoms with Gasteiger partial charge in [0.25, 0.3) is 5.91 Å². The number of nitrogens with zero attached hydrogens (tertiary/aromatic N) is 2. The zero-order valence-corrected chi connectivity index (χ0v) is 17.9. The van der Waals surface area contributed by atoms with Crippen LogP contribution in [-0.2, 0) is 4.79 Å². The van der Waals surface area contributed by atoms with E-state index in [1.54, 1.807) is 25.1 Å². The summed E-state index contributed by atoms with van der Waals surface area (Å²) in [6, 6.07) is 13.7. The number of anilines is 1. The Morgan fingerprint density at radius 2 is 1.88 bits per heavy atom. The Morgan fingerprint density at radius 1 is 1.12 bits per heavy atom. The zero-order chi connectivity index (χ0) is 22.6. The number of aliphatic hydroxyl groups is 1. The van der Waals surface area contributed by atoms with E-state index in [2.05, 4.69) is 4.98 Å². The molecule has 1 aliphatic rings. The van der Waals surface area contributed by atoms with Gasteiger partial charge in [-0.1, -0.05) is 41.2 Å². The molecule has 0 bridgehead atoms. The Hall–Kier alpha value is -3.78. The fourth-order valence-corrected chi connectivity index (χ4v) is 4.79. The number of aliphatic hydroxyl groups excluding tert-OH is 1. The second-order valence-electron chi connectivity index (χ2n) is 7.60. The van der Waals surface area contributed by atoms with Gasteiger partial charge in [0.2, 0.25) is 5.78 Å². The molecule has 0 aliphatic carbocycles. The number of carbonyl (C=O) groups is 2. The molecule has 5 rings (SSSR count). The predicted octanol–water partition coefficient (Wildman–Crippen LogP) is 5.43. The van der Waals surface area contributed by atoms with E-state index in [9.17, 15) is 19.1 Å². The lowest BCUT2D eigenvalue weighted by atomic mass is 9.94. The lowest BCUT2D eigenvalue weighted by molar-refractivity contribution is -0.117. The van der Waals surface area contributed by atoms with Crippen molar-refractivity contribution in [3.63, 3.8) is 0 Å². The number of Topliss-reactive ketones (excluding diaryl/α,β-unsaturated/α-hetero) is 1. The smallest absolute Gasteiger partial charge is 0.296 e. The monoisotopic (exact) mass is 448 g/mol. The van der Waals surface area contributed by atoms with E-state index >= 15 is 0 Å². The highest BCUT2D eigenvalue weighted by Gasteiger charge is 2.46. The van der Waals surface area contributed by atoms with Gasteiger partial charge in [0.1, 0.15) is 11.6 Å². The lowest BCUT2D eigenvalue weighted by Gasteiger charge is -2.24. The number of aromatic nitrogens is 1. The fraction of sp³-hybridized carbons (Fsp3) is 0.125. The van der Waals surface area contributed by atoms with Crippen molar-refractivity contribution in [2.75, 3.05) is 4.90 Å². The summed E-state index contributed by atoms with van der Waals surface area (Å²) in [4.78, 5) is 32.2. The van der Waals surface area contributed by atoms with E-state index in [-0.39, 0.29) is 16.5 Å². The van der Waals surface area contributed by atoms with Crippen molar-refractivity contribution in [1.82, 2.24) is 4.98 Å². The van der Waals surface area contributed by atoms with E-state index in [0.717, 1.165) is 16.9 Å². The van der Waals surface area contributed by atoms with Crippen molar-refractivity contribution in [1.29, 1.82) is 0 Å². The number of ketones is 1. The highest BCUT2D eigenvalue weighted by molar-refractivity contribution is 7.22. The number of halogens is 1. The van der Waals surface area contributed by atoms with Gasteiger partial charge in [-0.25, -0.2) is 9.37 Å². The Morgan fingerprint density at radius 3 is 2.56 bits per heavy atom. The summed E-state index contributed by atoms with van der Waals surface area (Å²) < 4.78 is 19.7. The molecule has 0 saturated heterocycles. The van der Waals surface area contributed by atoms with Crippen molar-refractivity contribution in [2.45, 2.75) is 19.9 Å². The van der Waals surface area contributed by atoms with Crippen LogP contribution in [0.1, 0.15) is 33.5 Å². The van der Waals surface area contributed by atoms with Gasteiger partial charge in [-0.2, -0.15) is 0 Å². The first kappa shape index (κ1) is 20.1. The maximum absolute atomic E-state index is 13.7. The summed E-state index contributed by atoms with van der Waals surface area (Å²) in [7, 11) is 0. The summed E-state index contributed by atoms with van der Waals surface area (Å²) >= 11 is 1.11. The quantitative estimate of drug-likeness (QED) is 0.421. The minimum atomic E-state index is -0.911. The normalized spacial score (nSPS) is 16.4. The van der Waals surface area contributed by atoms with Crippen molar-refractivity contribution >= 4 is 38.4 Å². The number of benzene rings is 2. The maximum Gasteiger partial charge on any atom is 0.296 e. The minimum absolute atomic E-state index is 0.0298. The Labute approximate surface area is 186 Å². The number of hydrogen-bond acceptors (Lipinski definition) is 6. The number of rotatable bonds is 4. The molecule has 1 atom stereocenters. The van der Waals surface area contributed by atoms with Gasteiger partial charge in [-0.3, -0.25) is 14.5 Å². The molecule has 0 spiro atoms. The third kappa shape index (κ3) is 3.20. The van der Waals surface area contributed by atoms with Crippen molar-refractivity contribution in [2.24, 2.45) is 0 Å². The molecule has 1 amide bonds. The molecule has 1 aliphatic heterocycles. The summed E-state index contributed by atoms with van der Waals surface area (Å²) in [6.45, 7) is 3.63. The van der Waals surface area contributed by atoms with Crippen LogP contribution in [0.3, 0.4) is 0 Å². The number of hydrogen-bond donors (Lipinski definition) is 1. The summed E-state index contributed by atoms with van der Waals surface area (Å²) in [5, 5.41) is 11.0. The molecule has 160 valence electrons. The first-order chi connectivity index (χ1) is 15.3. The Balaban J connectivity index is 1.68. The highest BCUT2D eigenvalue weighted by atomic mass is 32.1. The van der Waals surface area contributed by atoms with Gasteiger partial charge >= 0.3 is 0 Å². The summed E-state index contributed by atoms with van der Waals surface area (Å²) in [6.07, 6.45) is 0. The maximum atomic E-state index is 13.7. The number of furan rings is 1. The SMILES string of the molecule is Cc1ccc(C2C(C(=O)c3ccc(C)o3)=C(O)C(=O)N2c2nc3ccc(F)cc3s2)cc1. The number of amides is 1. The van der Waals surface area contributed by atoms with Crippen LogP contribution in [0.25, 0.3) is 10.2 Å². The van der Waals surface area contributed by atoms with E-state index in [1.165, 1.54) is 29.2 Å². The molecular formula is C24H17FN2O4S. The van der Waals surface area contributed by atoms with Crippen LogP contribution in [0, 0.1) is 19.7 Å². The van der Waals surface area contributed by atoms with E-state index in [4.69, 9.17) is 4.42 Å². The standard InChI is InChI=1S/C24H17FN2O4S/c1-12-3-6-14(7-4-12)20-19(21(28)17-10-5-13(2)31-17)22(29)23(30)27(20)24-26-16-9-8-15(25)11-18(16)32-24/h3-11,20,29H,1-2H3. The molecule has 6 nitrogen and oxygen atoms in total. The molecule has 1 unspecified atom stereocenters. The second kappa shape index (κ2) is 7.42. The highest BCUT2D eigenvalue weighted by Crippen LogP contribution is 2.44. The average Bonchev–Trinajstić information content (AvgIpc) is 3.44. The molecule has 8 heteroatoms. The number of fused-ring (bicyclic) bond motifs is 1. The lowest BCUT2D eigenvalue weighted by Crippen LogP contribution is -2.30. The minimum Gasteiger partial charge on any atom is -0.503 e. The predicted molar refractivity (Wildman–Crippen MR) is 118 cm³/mol. The van der Waals surface area contributed by atoms with Gasteiger partial charge in [0, 0.05) is 0 Å². The van der Waals surface area contributed by atoms with Gasteiger partial charge < -0.3 is 9.52 Å². The van der Waals surface area contributed by atoms with Crippen molar-refractivity contribution < 1.29 is 23.5 Å². The largest absolute Gasteiger partial charge is 0.503 e. The van der Waals surface area contributed by atoms with Crippen LogP contribution in [-0.4, -0.2) is 21.8 Å². The zero-order valence-electron chi connectivity index (χ0n) is 17.1. The number of carbonyl (C=O) groups excluding carboxylic acids is 2. The average molecular weight is 448 g/mol. The van der Waals surface area contributed by atoms with Gasteiger partial charge in [-0.05, 0) is 49.7 Å². The van der Waals surface area contributed by atoms with E-state index in [1.807, 2.05) is 19.1 Å². The van der Waals surface area contributed by atoms with E-state index < -0.39 is 29.3 Å². The van der Waals surface area contributed by atoms with Crippen LogP contribution in [0.2, 0.25) is 0 Å².